The van der Waals surface area contributed by atoms with E-state index in [1.54, 1.807) is 11.3 Å². The van der Waals surface area contributed by atoms with Gasteiger partial charge in [-0.15, -0.1) is 11.3 Å². The molecule has 0 fully saturated rings. The van der Waals surface area contributed by atoms with Crippen LogP contribution in [0.4, 0.5) is 0 Å². The third-order valence-corrected chi connectivity index (χ3v) is 3.37. The van der Waals surface area contributed by atoms with Crippen molar-refractivity contribution in [1.82, 2.24) is 9.88 Å². The van der Waals surface area contributed by atoms with Crippen LogP contribution >= 0.6 is 11.3 Å². The van der Waals surface area contributed by atoms with E-state index in [1.165, 1.54) is 0 Å². The van der Waals surface area contributed by atoms with Gasteiger partial charge in [-0.25, -0.2) is 4.98 Å². The van der Waals surface area contributed by atoms with Crippen molar-refractivity contribution in [3.05, 3.63) is 16.1 Å². The second-order valence-corrected chi connectivity index (χ2v) is 5.29. The fraction of sp³-hybridized carbons (Fsp3) is 0.769. The van der Waals surface area contributed by atoms with Crippen LogP contribution < -0.4 is 0 Å². The molecule has 0 amide bonds. The summed E-state index contributed by atoms with van der Waals surface area (Å²) in [5, 5.41) is 3.24. The van der Waals surface area contributed by atoms with Crippen molar-refractivity contribution in [1.29, 1.82) is 0 Å². The van der Waals surface area contributed by atoms with E-state index in [0.717, 1.165) is 30.2 Å². The van der Waals surface area contributed by atoms with Crippen molar-refractivity contribution in [3.8, 4) is 0 Å². The Morgan fingerprint density at radius 2 is 2.00 bits per heavy atom. The molecule has 0 aromatic carbocycles. The topological polar surface area (TPSA) is 34.6 Å². The number of aryl methyl sites for hydroxylation is 1. The fourth-order valence-electron chi connectivity index (χ4n) is 1.75. The third-order valence-electron chi connectivity index (χ3n) is 2.55. The average molecular weight is 272 g/mol. The normalized spacial score (nSPS) is 11.7. The molecule has 18 heavy (non-hydrogen) atoms. The molecular formula is C13H24N2O2S. The standard InChI is InChI=1S/C13H24N2O2S/c1-5-16-13(17-6-2)7-8-15(4)9-12-10-18-11(3)14-12/h10,13H,5-9H2,1-4H3. The summed E-state index contributed by atoms with van der Waals surface area (Å²) in [6.45, 7) is 9.24. The van der Waals surface area contributed by atoms with Crippen LogP contribution in [-0.4, -0.2) is 43.0 Å². The number of ether oxygens (including phenoxy) is 2. The van der Waals surface area contributed by atoms with Gasteiger partial charge >= 0.3 is 0 Å². The first-order valence-corrected chi connectivity index (χ1v) is 7.36. The zero-order valence-corrected chi connectivity index (χ0v) is 12.6. The Morgan fingerprint density at radius 1 is 1.33 bits per heavy atom. The van der Waals surface area contributed by atoms with Gasteiger partial charge in [0.25, 0.3) is 0 Å². The molecule has 104 valence electrons. The molecule has 0 radical (unpaired) electrons. The second-order valence-electron chi connectivity index (χ2n) is 4.22. The molecule has 0 aliphatic rings. The predicted molar refractivity (Wildman–Crippen MR) is 74.8 cm³/mol. The molecule has 1 aromatic heterocycles. The lowest BCUT2D eigenvalue weighted by atomic mass is 10.3. The Morgan fingerprint density at radius 3 is 2.50 bits per heavy atom. The van der Waals surface area contributed by atoms with E-state index in [-0.39, 0.29) is 6.29 Å². The van der Waals surface area contributed by atoms with Crippen LogP contribution in [0.3, 0.4) is 0 Å². The van der Waals surface area contributed by atoms with E-state index in [0.29, 0.717) is 13.2 Å². The molecular weight excluding hydrogens is 248 g/mol. The molecule has 1 aromatic rings. The third kappa shape index (κ3) is 5.91. The van der Waals surface area contributed by atoms with Crippen molar-refractivity contribution < 1.29 is 9.47 Å². The maximum atomic E-state index is 5.52. The number of nitrogens with zero attached hydrogens (tertiary/aromatic N) is 2. The van der Waals surface area contributed by atoms with Gasteiger partial charge in [0.2, 0.25) is 0 Å². The van der Waals surface area contributed by atoms with Crippen molar-refractivity contribution in [2.75, 3.05) is 26.8 Å². The van der Waals surface area contributed by atoms with E-state index in [9.17, 15) is 0 Å². The van der Waals surface area contributed by atoms with Crippen molar-refractivity contribution in [2.45, 2.75) is 40.0 Å². The van der Waals surface area contributed by atoms with E-state index in [1.807, 2.05) is 20.8 Å². The minimum absolute atomic E-state index is 0.0837. The summed E-state index contributed by atoms with van der Waals surface area (Å²) in [5.74, 6) is 0. The maximum Gasteiger partial charge on any atom is 0.158 e. The minimum Gasteiger partial charge on any atom is -0.353 e. The van der Waals surface area contributed by atoms with Gasteiger partial charge in [0.1, 0.15) is 0 Å². The summed E-state index contributed by atoms with van der Waals surface area (Å²) in [4.78, 5) is 6.71. The Hall–Kier alpha value is -0.490. The summed E-state index contributed by atoms with van der Waals surface area (Å²) < 4.78 is 11.0. The van der Waals surface area contributed by atoms with Crippen LogP contribution in [0.15, 0.2) is 5.38 Å². The molecule has 0 aliphatic heterocycles. The van der Waals surface area contributed by atoms with Crippen LogP contribution in [-0.2, 0) is 16.0 Å². The Bertz CT molecular complexity index is 325. The summed E-state index contributed by atoms with van der Waals surface area (Å²) in [5.41, 5.74) is 1.14. The molecule has 1 heterocycles. The highest BCUT2D eigenvalue weighted by Crippen LogP contribution is 2.10. The highest BCUT2D eigenvalue weighted by atomic mass is 32.1. The number of hydrogen-bond donors (Lipinski definition) is 0. The fourth-order valence-corrected chi connectivity index (χ4v) is 2.35. The van der Waals surface area contributed by atoms with Crippen LogP contribution in [0.2, 0.25) is 0 Å². The first-order valence-electron chi connectivity index (χ1n) is 6.48. The first kappa shape index (κ1) is 15.6. The second kappa shape index (κ2) is 8.58. The average Bonchev–Trinajstić information content (AvgIpc) is 2.72. The molecule has 0 saturated carbocycles. The largest absolute Gasteiger partial charge is 0.353 e. The lowest BCUT2D eigenvalue weighted by molar-refractivity contribution is -0.141. The molecule has 0 spiro atoms. The van der Waals surface area contributed by atoms with Gasteiger partial charge in [0.05, 0.1) is 10.7 Å². The van der Waals surface area contributed by atoms with Crippen LogP contribution in [0, 0.1) is 6.92 Å². The van der Waals surface area contributed by atoms with E-state index in [4.69, 9.17) is 9.47 Å². The van der Waals surface area contributed by atoms with Gasteiger partial charge in [0.15, 0.2) is 6.29 Å². The zero-order chi connectivity index (χ0) is 13.4. The lowest BCUT2D eigenvalue weighted by Gasteiger charge is -2.21. The summed E-state index contributed by atoms with van der Waals surface area (Å²) in [6, 6.07) is 0. The molecule has 0 aliphatic carbocycles. The van der Waals surface area contributed by atoms with E-state index < -0.39 is 0 Å². The van der Waals surface area contributed by atoms with Gasteiger partial charge in [-0.3, -0.25) is 0 Å². The predicted octanol–water partition coefficient (Wildman–Crippen LogP) is 2.67. The van der Waals surface area contributed by atoms with Gasteiger partial charge in [-0.05, 0) is 27.8 Å². The van der Waals surface area contributed by atoms with Crippen LogP contribution in [0.5, 0.6) is 0 Å². The van der Waals surface area contributed by atoms with Crippen LogP contribution in [0.25, 0.3) is 0 Å². The number of aromatic nitrogens is 1. The monoisotopic (exact) mass is 272 g/mol. The molecule has 0 saturated heterocycles. The van der Waals surface area contributed by atoms with Gasteiger partial charge in [0, 0.05) is 38.1 Å². The molecule has 4 nitrogen and oxygen atoms in total. The molecule has 0 bridgehead atoms. The summed E-state index contributed by atoms with van der Waals surface area (Å²) in [6.07, 6.45) is 0.806. The van der Waals surface area contributed by atoms with Crippen molar-refractivity contribution >= 4 is 11.3 Å². The number of rotatable bonds is 9. The van der Waals surface area contributed by atoms with Crippen LogP contribution in [0.1, 0.15) is 31.0 Å². The van der Waals surface area contributed by atoms with Crippen molar-refractivity contribution in [2.24, 2.45) is 0 Å². The van der Waals surface area contributed by atoms with E-state index >= 15 is 0 Å². The molecule has 0 atom stereocenters. The van der Waals surface area contributed by atoms with Gasteiger partial charge in [-0.2, -0.15) is 0 Å². The highest BCUT2D eigenvalue weighted by molar-refractivity contribution is 7.09. The lowest BCUT2D eigenvalue weighted by Crippen LogP contribution is -2.26. The Labute approximate surface area is 114 Å². The first-order chi connectivity index (χ1) is 8.65. The van der Waals surface area contributed by atoms with Gasteiger partial charge < -0.3 is 14.4 Å². The minimum atomic E-state index is -0.0837. The molecule has 5 heteroatoms. The number of thiazole rings is 1. The van der Waals surface area contributed by atoms with Gasteiger partial charge in [-0.1, -0.05) is 0 Å². The highest BCUT2D eigenvalue weighted by Gasteiger charge is 2.10. The van der Waals surface area contributed by atoms with Crippen molar-refractivity contribution in [3.63, 3.8) is 0 Å². The SMILES string of the molecule is CCOC(CCN(C)Cc1csc(C)n1)OCC. The molecule has 0 N–H and O–H groups in total. The van der Waals surface area contributed by atoms with E-state index in [2.05, 4.69) is 22.3 Å². The quantitative estimate of drug-likeness (QED) is 0.647. The smallest absolute Gasteiger partial charge is 0.158 e. The molecule has 0 unspecified atom stereocenters. The summed E-state index contributed by atoms with van der Waals surface area (Å²) >= 11 is 1.70. The Kier molecular flexibility index (Phi) is 7.42. The maximum absolute atomic E-state index is 5.52. The summed E-state index contributed by atoms with van der Waals surface area (Å²) in [7, 11) is 2.10. The molecule has 1 rings (SSSR count). The Balaban J connectivity index is 2.28. The zero-order valence-electron chi connectivity index (χ0n) is 11.8. The number of hydrogen-bond acceptors (Lipinski definition) is 5.